The number of pyridine rings is 3. The molecule has 0 saturated carbocycles. The van der Waals surface area contributed by atoms with E-state index in [1.807, 2.05) is 0 Å². The SMILES string of the molecule is CCO.[CH2-]NC(=O)c1cccn2nc(C(=O)N(C)C)cc12.[CH2-]NC(=O)c1cccn2nc(C(=O)O)cc12.[CH2-]NC(=O)c1cccn2nc(C(=O)OCC)cc12.[Y].[Y].[Y]. The second kappa shape index (κ2) is 26.3. The van der Waals surface area contributed by atoms with E-state index in [1.165, 1.54) is 30.6 Å². The van der Waals surface area contributed by atoms with Gasteiger partial charge < -0.3 is 35.8 Å². The number of hydrogen-bond acceptors (Lipinski definition) is 11. The van der Waals surface area contributed by atoms with E-state index in [-0.39, 0.29) is 146 Å². The predicted octanol–water partition coefficient (Wildman–Crippen LogP) is 2.13. The Hall–Kier alpha value is -3.84. The van der Waals surface area contributed by atoms with E-state index in [9.17, 15) is 28.8 Å². The first kappa shape index (κ1) is 54.2. The molecule has 299 valence electrons. The van der Waals surface area contributed by atoms with Crippen molar-refractivity contribution in [1.82, 2.24) is 49.7 Å². The van der Waals surface area contributed by atoms with Crippen molar-refractivity contribution in [3.63, 3.8) is 0 Å². The summed E-state index contributed by atoms with van der Waals surface area (Å²) in [5.41, 5.74) is 3.05. The minimum absolute atomic E-state index is 0. The summed E-state index contributed by atoms with van der Waals surface area (Å²) in [5, 5.41) is 35.2. The van der Waals surface area contributed by atoms with Crippen LogP contribution in [0.4, 0.5) is 0 Å². The normalized spacial score (nSPS) is 9.59. The van der Waals surface area contributed by atoms with E-state index in [4.69, 9.17) is 14.9 Å². The molecule has 0 aliphatic heterocycles. The fourth-order valence-electron chi connectivity index (χ4n) is 4.65. The third kappa shape index (κ3) is 13.9. The molecule has 0 aliphatic carbocycles. The maximum atomic E-state index is 11.8. The maximum Gasteiger partial charge on any atom is 0.358 e. The first-order chi connectivity index (χ1) is 26.3. The minimum atomic E-state index is -1.13. The summed E-state index contributed by atoms with van der Waals surface area (Å²) in [6.07, 6.45) is 4.90. The number of amides is 4. The number of nitrogens with one attached hydrogen (secondary N) is 3. The molecule has 19 nitrogen and oxygen atoms in total. The molecular weight excluding hydrogens is 983 g/mol. The number of esters is 1. The summed E-state index contributed by atoms with van der Waals surface area (Å²) in [6, 6.07) is 14.3. The van der Waals surface area contributed by atoms with Gasteiger partial charge >= 0.3 is 11.9 Å². The van der Waals surface area contributed by atoms with Gasteiger partial charge in [-0.1, -0.05) is 0 Å². The molecule has 3 radical (unpaired) electrons. The van der Waals surface area contributed by atoms with Crippen LogP contribution in [-0.4, -0.2) is 107 Å². The quantitative estimate of drug-likeness (QED) is 0.114. The van der Waals surface area contributed by atoms with Crippen molar-refractivity contribution in [2.24, 2.45) is 0 Å². The van der Waals surface area contributed by atoms with Gasteiger partial charge in [-0.05, 0) is 68.4 Å². The first-order valence-electron chi connectivity index (χ1n) is 16.2. The van der Waals surface area contributed by atoms with Gasteiger partial charge in [0.15, 0.2) is 17.1 Å². The van der Waals surface area contributed by atoms with E-state index in [0.29, 0.717) is 38.9 Å². The Morgan fingerprint density at radius 3 is 1.31 bits per heavy atom. The molecule has 0 bridgehead atoms. The molecule has 0 saturated heterocycles. The molecule has 0 spiro atoms. The van der Waals surface area contributed by atoms with Gasteiger partial charge in [0.25, 0.3) is 5.91 Å². The van der Waals surface area contributed by atoms with Crippen LogP contribution in [0.25, 0.3) is 16.6 Å². The Balaban J connectivity index is 0.000000793. The number of nitrogens with zero attached hydrogens (tertiary/aromatic N) is 7. The molecule has 22 heteroatoms. The van der Waals surface area contributed by atoms with Crippen LogP contribution in [0, 0.1) is 21.1 Å². The number of aliphatic hydroxyl groups is 1. The molecule has 0 aliphatic rings. The van der Waals surface area contributed by atoms with Crippen LogP contribution < -0.4 is 16.0 Å². The van der Waals surface area contributed by atoms with Gasteiger partial charge in [0.2, 0.25) is 17.7 Å². The average Bonchev–Trinajstić information content (AvgIpc) is 3.94. The summed E-state index contributed by atoms with van der Waals surface area (Å²) < 4.78 is 9.15. The Kier molecular flexibility index (Phi) is 24.6. The van der Waals surface area contributed by atoms with Crippen molar-refractivity contribution < 1.29 is 142 Å². The molecule has 6 aromatic rings. The molecule has 5 N–H and O–H groups in total. The topological polar surface area (TPSA) is 243 Å². The summed E-state index contributed by atoms with van der Waals surface area (Å²) in [6.45, 7) is 3.92. The van der Waals surface area contributed by atoms with E-state index < -0.39 is 11.9 Å². The number of aromatic carboxylic acids is 1. The van der Waals surface area contributed by atoms with Crippen LogP contribution in [-0.2, 0) is 103 Å². The largest absolute Gasteiger partial charge is 0.504 e. The zero-order valence-corrected chi connectivity index (χ0v) is 40.6. The van der Waals surface area contributed by atoms with Crippen LogP contribution in [0.2, 0.25) is 0 Å². The molecule has 0 unspecified atom stereocenters. The third-order valence-electron chi connectivity index (χ3n) is 7.05. The summed E-state index contributed by atoms with van der Waals surface area (Å²) in [5.74, 6) is -2.89. The van der Waals surface area contributed by atoms with Gasteiger partial charge in [0.05, 0.1) is 39.8 Å². The monoisotopic (exact) mass is 1020 g/mol. The van der Waals surface area contributed by atoms with Crippen LogP contribution in [0.15, 0.2) is 73.2 Å². The number of rotatable bonds is 7. The van der Waals surface area contributed by atoms with Gasteiger partial charge in [-0.3, -0.25) is 40.3 Å². The average molecular weight is 1020 g/mol. The van der Waals surface area contributed by atoms with Gasteiger partial charge in [0, 0.05) is 137 Å². The van der Waals surface area contributed by atoms with Crippen molar-refractivity contribution in [2.45, 2.75) is 13.8 Å². The number of carboxylic acid groups (broad SMARTS) is 1. The molecular formula is C36H39N10O9Y3-3. The molecule has 6 heterocycles. The van der Waals surface area contributed by atoms with Crippen LogP contribution in [0.3, 0.4) is 0 Å². The van der Waals surface area contributed by atoms with Crippen molar-refractivity contribution >= 4 is 52.1 Å². The molecule has 0 aromatic carbocycles. The molecule has 6 rings (SSSR count). The molecule has 58 heavy (non-hydrogen) atoms. The number of hydrogen-bond donors (Lipinski definition) is 5. The van der Waals surface area contributed by atoms with Crippen molar-refractivity contribution in [1.29, 1.82) is 0 Å². The summed E-state index contributed by atoms with van der Waals surface area (Å²) in [4.78, 5) is 70.2. The van der Waals surface area contributed by atoms with Gasteiger partial charge in [-0.25, -0.2) is 23.1 Å². The standard InChI is InChI=1S/C12H13N4O2.C12H12N3O3.C10H8N3O3.C2H6O.3Y/c1-13-11(17)8-5-4-6-16-10(8)7-9(14-16)12(18)15(2)3;1-3-18-12(17)9-7-10-8(11(16)13-2)5-4-6-15(10)14-9;1-11-9(14)6-3-2-4-13-8(6)5-7(12-13)10(15)16;1-2-3;;;/h4-7H,1H2,2-3H3,(H,13,17);4-7H,2-3H2,1H3,(H,13,16);2-5H,1H2,(H,11,14)(H,15,16);3H,2H2,1H3;;;/q3*-1;;;;. The minimum Gasteiger partial charge on any atom is -0.504 e. The maximum absolute atomic E-state index is 11.8. The fraction of sp³-hybridized carbons (Fsp3) is 0.167. The number of aliphatic hydroxyl groups excluding tert-OH is 1. The van der Waals surface area contributed by atoms with Crippen LogP contribution in [0.5, 0.6) is 0 Å². The zero-order chi connectivity index (χ0) is 40.8. The Labute approximate surface area is 408 Å². The number of fused-ring (bicyclic) bond motifs is 3. The van der Waals surface area contributed by atoms with Crippen molar-refractivity contribution in [3.05, 3.63) is 128 Å². The molecule has 0 fully saturated rings. The third-order valence-corrected chi connectivity index (χ3v) is 7.05. The number of carboxylic acids is 1. The number of aromatic nitrogens is 6. The molecule has 4 amide bonds. The Morgan fingerprint density at radius 2 is 0.983 bits per heavy atom. The van der Waals surface area contributed by atoms with E-state index >= 15 is 0 Å². The van der Waals surface area contributed by atoms with E-state index in [2.05, 4.69) is 52.4 Å². The number of carbonyl (C=O) groups excluding carboxylic acids is 5. The first-order valence-corrected chi connectivity index (χ1v) is 16.2. The van der Waals surface area contributed by atoms with Crippen molar-refractivity contribution in [2.75, 3.05) is 27.3 Å². The summed E-state index contributed by atoms with van der Waals surface area (Å²) >= 11 is 0. The fourth-order valence-corrected chi connectivity index (χ4v) is 4.65. The second-order valence-corrected chi connectivity index (χ2v) is 10.9. The summed E-state index contributed by atoms with van der Waals surface area (Å²) in [7, 11) is 13.2. The van der Waals surface area contributed by atoms with Crippen LogP contribution >= 0.6 is 0 Å². The second-order valence-electron chi connectivity index (χ2n) is 10.9. The Bertz CT molecular complexity index is 2340. The number of ether oxygens (including phenoxy) is 1. The van der Waals surface area contributed by atoms with E-state index in [1.54, 1.807) is 89.0 Å². The number of carbonyl (C=O) groups is 6. The zero-order valence-electron chi connectivity index (χ0n) is 32.1. The smallest absolute Gasteiger partial charge is 0.358 e. The van der Waals surface area contributed by atoms with Crippen molar-refractivity contribution in [3.8, 4) is 0 Å². The van der Waals surface area contributed by atoms with Gasteiger partial charge in [0.1, 0.15) is 0 Å². The van der Waals surface area contributed by atoms with Gasteiger partial charge in [-0.15, -0.1) is 0 Å². The van der Waals surface area contributed by atoms with E-state index in [0.717, 1.165) is 0 Å². The Morgan fingerprint density at radius 1 is 0.655 bits per heavy atom. The molecule has 6 aromatic heterocycles. The predicted molar refractivity (Wildman–Crippen MR) is 198 cm³/mol. The van der Waals surface area contributed by atoms with Gasteiger partial charge in [-0.2, -0.15) is 15.3 Å². The van der Waals surface area contributed by atoms with Crippen LogP contribution in [0.1, 0.15) is 76.4 Å². The molecule has 0 atom stereocenters.